The third-order valence-electron chi connectivity index (χ3n) is 4.20. The molecule has 1 saturated heterocycles. The lowest BCUT2D eigenvalue weighted by Gasteiger charge is -2.24. The smallest absolute Gasteiger partial charge is 0.445 e. The van der Waals surface area contributed by atoms with Gasteiger partial charge in [0.2, 0.25) is 16.0 Å². The zero-order valence-electron chi connectivity index (χ0n) is 14.9. The van der Waals surface area contributed by atoms with Crippen molar-refractivity contribution in [3.63, 3.8) is 0 Å². The number of carbonyl (C=O) groups excluding carboxylic acids is 2. The average molecular weight is 417 g/mol. The lowest BCUT2D eigenvalue weighted by Crippen LogP contribution is -2.48. The molecule has 0 aromatic carbocycles. The van der Waals surface area contributed by atoms with Crippen LogP contribution in [0.5, 0.6) is 0 Å². The summed E-state index contributed by atoms with van der Waals surface area (Å²) in [5.74, 6) is -0.649. The largest absolute Gasteiger partial charge is 0.459 e. The number of carbonyl (C=O) groups is 2. The Hall–Kier alpha value is -2.63. The Kier molecular flexibility index (Phi) is 5.87. The van der Waals surface area contributed by atoms with Crippen molar-refractivity contribution in [2.45, 2.75) is 25.6 Å². The van der Waals surface area contributed by atoms with E-state index in [1.165, 1.54) is 12.3 Å². The van der Waals surface area contributed by atoms with Gasteiger partial charge in [0.1, 0.15) is 6.04 Å². The van der Waals surface area contributed by atoms with Crippen molar-refractivity contribution in [2.75, 3.05) is 31.1 Å². The van der Waals surface area contributed by atoms with Crippen molar-refractivity contribution < 1.29 is 27.2 Å². The molecule has 8 nitrogen and oxygen atoms in total. The van der Waals surface area contributed by atoms with E-state index in [1.807, 2.05) is 0 Å². The van der Waals surface area contributed by atoms with E-state index >= 15 is 0 Å². The SMILES string of the molecule is CC(NC(=O)c1ccco1)C(=O)N1CCCN(c2nnc(C(F)(F)F)s2)CC1. The number of aromatic nitrogens is 2. The molecule has 0 saturated carbocycles. The molecule has 2 aromatic heterocycles. The maximum Gasteiger partial charge on any atom is 0.445 e. The molecule has 1 aliphatic rings. The Bertz CT molecular complexity index is 824. The fourth-order valence-electron chi connectivity index (χ4n) is 2.80. The number of hydrogen-bond donors (Lipinski definition) is 1. The molecule has 1 aliphatic heterocycles. The summed E-state index contributed by atoms with van der Waals surface area (Å²) in [6.45, 7) is 3.11. The molecule has 1 fully saturated rings. The topological polar surface area (TPSA) is 91.6 Å². The summed E-state index contributed by atoms with van der Waals surface area (Å²) in [6, 6.07) is 2.30. The van der Waals surface area contributed by atoms with E-state index in [0.29, 0.717) is 43.9 Å². The molecule has 1 N–H and O–H groups in total. The van der Waals surface area contributed by atoms with Gasteiger partial charge in [0.05, 0.1) is 6.26 Å². The molecule has 1 atom stereocenters. The molecular weight excluding hydrogens is 399 g/mol. The van der Waals surface area contributed by atoms with Gasteiger partial charge in [-0.25, -0.2) is 0 Å². The van der Waals surface area contributed by atoms with Gasteiger partial charge >= 0.3 is 6.18 Å². The van der Waals surface area contributed by atoms with Gasteiger partial charge in [-0.05, 0) is 25.5 Å². The predicted molar refractivity (Wildman–Crippen MR) is 94.0 cm³/mol. The highest BCUT2D eigenvalue weighted by Crippen LogP contribution is 2.34. The number of alkyl halides is 3. The van der Waals surface area contributed by atoms with Crippen LogP contribution in [0.4, 0.5) is 18.3 Å². The highest BCUT2D eigenvalue weighted by Gasteiger charge is 2.36. The van der Waals surface area contributed by atoms with Gasteiger partial charge in [0.15, 0.2) is 5.76 Å². The Morgan fingerprint density at radius 2 is 2.04 bits per heavy atom. The van der Waals surface area contributed by atoms with E-state index in [2.05, 4.69) is 15.5 Å². The summed E-state index contributed by atoms with van der Waals surface area (Å²) in [4.78, 5) is 27.9. The number of hydrogen-bond acceptors (Lipinski definition) is 7. The number of nitrogens with one attached hydrogen (secondary N) is 1. The van der Waals surface area contributed by atoms with Gasteiger partial charge in [-0.3, -0.25) is 9.59 Å². The molecule has 2 amide bonds. The van der Waals surface area contributed by atoms with Crippen molar-refractivity contribution in [3.05, 3.63) is 29.2 Å². The van der Waals surface area contributed by atoms with Gasteiger partial charge in [-0.2, -0.15) is 13.2 Å². The van der Waals surface area contributed by atoms with E-state index in [-0.39, 0.29) is 16.8 Å². The van der Waals surface area contributed by atoms with Crippen LogP contribution in [0.1, 0.15) is 28.9 Å². The fraction of sp³-hybridized carbons (Fsp3) is 0.500. The number of amides is 2. The van der Waals surface area contributed by atoms with Gasteiger partial charge in [-0.15, -0.1) is 10.2 Å². The summed E-state index contributed by atoms with van der Waals surface area (Å²) < 4.78 is 43.1. The van der Waals surface area contributed by atoms with Gasteiger partial charge in [0.25, 0.3) is 5.91 Å². The van der Waals surface area contributed by atoms with Gasteiger partial charge in [0, 0.05) is 26.2 Å². The summed E-state index contributed by atoms with van der Waals surface area (Å²) in [5.41, 5.74) is 0. The number of halogens is 3. The van der Waals surface area contributed by atoms with Crippen LogP contribution in [0, 0.1) is 0 Å². The maximum absolute atomic E-state index is 12.7. The minimum absolute atomic E-state index is 0.110. The van der Waals surface area contributed by atoms with E-state index in [4.69, 9.17) is 4.42 Å². The second-order valence-electron chi connectivity index (χ2n) is 6.23. The first-order valence-electron chi connectivity index (χ1n) is 8.54. The lowest BCUT2D eigenvalue weighted by atomic mass is 10.2. The molecular formula is C16H18F3N5O3S. The van der Waals surface area contributed by atoms with E-state index < -0.39 is 23.1 Å². The molecule has 28 heavy (non-hydrogen) atoms. The van der Waals surface area contributed by atoms with E-state index in [0.717, 1.165) is 0 Å². The zero-order valence-corrected chi connectivity index (χ0v) is 15.7. The lowest BCUT2D eigenvalue weighted by molar-refractivity contribution is -0.138. The van der Waals surface area contributed by atoms with Crippen LogP contribution in [-0.4, -0.2) is 59.1 Å². The minimum atomic E-state index is -4.52. The summed E-state index contributed by atoms with van der Waals surface area (Å²) in [7, 11) is 0. The van der Waals surface area contributed by atoms with Crippen LogP contribution >= 0.6 is 11.3 Å². The Morgan fingerprint density at radius 1 is 1.25 bits per heavy atom. The summed E-state index contributed by atoms with van der Waals surface area (Å²) in [5, 5.41) is 8.59. The molecule has 12 heteroatoms. The number of rotatable bonds is 4. The maximum atomic E-state index is 12.7. The molecule has 0 bridgehead atoms. The molecule has 3 heterocycles. The first-order chi connectivity index (χ1) is 13.3. The van der Waals surface area contributed by atoms with E-state index in [1.54, 1.807) is 22.8 Å². The standard InChI is InChI=1S/C16H18F3N5O3S/c1-10(20-12(25)11-4-2-9-27-11)13(26)23-5-3-6-24(8-7-23)15-22-21-14(28-15)16(17,18)19/h2,4,9-10H,3,5-8H2,1H3,(H,20,25). The zero-order chi connectivity index (χ0) is 20.3. The third kappa shape index (κ3) is 4.61. The third-order valence-corrected chi connectivity index (χ3v) is 5.23. The minimum Gasteiger partial charge on any atom is -0.459 e. The van der Waals surface area contributed by atoms with Crippen molar-refractivity contribution in [3.8, 4) is 0 Å². The molecule has 0 spiro atoms. The normalized spacial score (nSPS) is 16.6. The van der Waals surface area contributed by atoms with Crippen LogP contribution in [0.3, 0.4) is 0 Å². The molecule has 152 valence electrons. The Morgan fingerprint density at radius 3 is 2.68 bits per heavy atom. The molecule has 0 aliphatic carbocycles. The van der Waals surface area contributed by atoms with Crippen molar-refractivity contribution in [1.82, 2.24) is 20.4 Å². The number of anilines is 1. The number of furan rings is 1. The van der Waals surface area contributed by atoms with Crippen molar-refractivity contribution in [1.29, 1.82) is 0 Å². The average Bonchev–Trinajstić information content (AvgIpc) is 3.29. The second kappa shape index (κ2) is 8.17. The van der Waals surface area contributed by atoms with E-state index in [9.17, 15) is 22.8 Å². The molecule has 0 radical (unpaired) electrons. The van der Waals surface area contributed by atoms with Crippen LogP contribution in [0.25, 0.3) is 0 Å². The van der Waals surface area contributed by atoms with Crippen molar-refractivity contribution in [2.24, 2.45) is 0 Å². The molecule has 2 aromatic rings. The van der Waals surface area contributed by atoms with Gasteiger partial charge in [-0.1, -0.05) is 11.3 Å². The van der Waals surface area contributed by atoms with Crippen LogP contribution in [0.2, 0.25) is 0 Å². The van der Waals surface area contributed by atoms with Gasteiger partial charge < -0.3 is 19.5 Å². The van der Waals surface area contributed by atoms with Crippen LogP contribution in [-0.2, 0) is 11.0 Å². The quantitative estimate of drug-likeness (QED) is 0.818. The molecule has 1 unspecified atom stereocenters. The number of nitrogens with zero attached hydrogens (tertiary/aromatic N) is 4. The first kappa shape index (κ1) is 20.1. The predicted octanol–water partition coefficient (Wildman–Crippen LogP) is 2.01. The highest BCUT2D eigenvalue weighted by atomic mass is 32.1. The van der Waals surface area contributed by atoms with Crippen LogP contribution < -0.4 is 10.2 Å². The van der Waals surface area contributed by atoms with Crippen LogP contribution in [0.15, 0.2) is 22.8 Å². The summed E-state index contributed by atoms with van der Waals surface area (Å²) >= 11 is 0.486. The Labute approximate surface area is 162 Å². The first-order valence-corrected chi connectivity index (χ1v) is 9.36. The Balaban J connectivity index is 1.57. The fourth-order valence-corrected chi connectivity index (χ4v) is 3.56. The molecule has 3 rings (SSSR count). The van der Waals surface area contributed by atoms with Crippen molar-refractivity contribution >= 4 is 28.3 Å². The monoisotopic (exact) mass is 417 g/mol. The highest BCUT2D eigenvalue weighted by molar-refractivity contribution is 7.15. The summed E-state index contributed by atoms with van der Waals surface area (Å²) in [6.07, 6.45) is -2.60. The second-order valence-corrected chi connectivity index (χ2v) is 7.18.